The third-order valence-corrected chi connectivity index (χ3v) is 4.21. The number of likely N-dealkylation sites (N-methyl/N-ethyl adjacent to an activating group) is 1. The van der Waals surface area contributed by atoms with Crippen LogP contribution in [0.1, 0.15) is 26.7 Å². The number of nitrogens with one attached hydrogen (secondary N) is 2. The van der Waals surface area contributed by atoms with E-state index in [-0.39, 0.29) is 4.90 Å². The average Bonchev–Trinajstić information content (AvgIpc) is 2.93. The molecular weight excluding hydrogens is 292 g/mol. The Hall–Kier alpha value is -0.960. The van der Waals surface area contributed by atoms with Crippen LogP contribution in [0, 0.1) is 0 Å². The van der Waals surface area contributed by atoms with E-state index in [4.69, 9.17) is 4.74 Å². The van der Waals surface area contributed by atoms with Crippen molar-refractivity contribution in [2.45, 2.75) is 38.1 Å². The zero-order chi connectivity index (χ0) is 15.6. The van der Waals surface area contributed by atoms with Crippen LogP contribution in [0.2, 0.25) is 0 Å². The van der Waals surface area contributed by atoms with Gasteiger partial charge in [0.25, 0.3) is 0 Å². The van der Waals surface area contributed by atoms with Crippen LogP contribution in [0.25, 0.3) is 0 Å². The van der Waals surface area contributed by atoms with Crippen LogP contribution in [0.15, 0.2) is 17.3 Å². The van der Waals surface area contributed by atoms with E-state index in [9.17, 15) is 8.42 Å². The maximum absolute atomic E-state index is 12.0. The Balaban J connectivity index is 2.36. The number of ether oxygens (including phenoxy) is 1. The van der Waals surface area contributed by atoms with E-state index >= 15 is 0 Å². The number of hydrogen-bond acceptors (Lipinski definition) is 5. The largest absolute Gasteiger partial charge is 0.381 e. The topological polar surface area (TPSA) is 85.2 Å². The van der Waals surface area contributed by atoms with E-state index < -0.39 is 10.0 Å². The first kappa shape index (κ1) is 18.1. The molecule has 0 radical (unpaired) electrons. The van der Waals surface area contributed by atoms with Crippen LogP contribution in [0.4, 0.5) is 0 Å². The molecule has 0 bridgehead atoms. The molecule has 0 saturated carbocycles. The molecule has 1 rings (SSSR count). The van der Waals surface area contributed by atoms with E-state index in [1.807, 2.05) is 13.8 Å². The molecular formula is C13H26N4O3S. The lowest BCUT2D eigenvalue weighted by Gasteiger charge is -2.05. The molecule has 8 heteroatoms. The van der Waals surface area contributed by atoms with Crippen molar-refractivity contribution in [2.24, 2.45) is 0 Å². The first-order chi connectivity index (χ1) is 10.1. The van der Waals surface area contributed by atoms with E-state index in [1.165, 1.54) is 6.20 Å². The van der Waals surface area contributed by atoms with Crippen molar-refractivity contribution < 1.29 is 13.2 Å². The van der Waals surface area contributed by atoms with Crippen molar-refractivity contribution in [3.63, 3.8) is 0 Å². The Bertz CT molecular complexity index is 487. The predicted octanol–water partition coefficient (Wildman–Crippen LogP) is 0.588. The summed E-state index contributed by atoms with van der Waals surface area (Å²) in [5, 5.41) is 7.22. The summed E-state index contributed by atoms with van der Waals surface area (Å²) in [5.41, 5.74) is 0. The smallest absolute Gasteiger partial charge is 0.243 e. The van der Waals surface area contributed by atoms with E-state index in [2.05, 4.69) is 15.1 Å². The van der Waals surface area contributed by atoms with Crippen molar-refractivity contribution in [1.29, 1.82) is 0 Å². The molecule has 0 aliphatic rings. The molecule has 21 heavy (non-hydrogen) atoms. The molecule has 0 atom stereocenters. The van der Waals surface area contributed by atoms with Gasteiger partial charge in [-0.3, -0.25) is 4.68 Å². The summed E-state index contributed by atoms with van der Waals surface area (Å²) in [5.74, 6) is 0. The van der Waals surface area contributed by atoms with Gasteiger partial charge in [-0.25, -0.2) is 13.1 Å². The van der Waals surface area contributed by atoms with E-state index in [0.29, 0.717) is 32.7 Å². The standard InChI is InChI=1S/C13H26N4O3S/c1-3-9-20-10-5-6-16-21(18,19)13-11-15-17(12-13)8-7-14-4-2/h11-12,14,16H,3-10H2,1-2H3. The first-order valence-electron chi connectivity index (χ1n) is 7.40. The van der Waals surface area contributed by atoms with Gasteiger partial charge >= 0.3 is 0 Å². The quantitative estimate of drug-likeness (QED) is 0.551. The lowest BCUT2D eigenvalue weighted by molar-refractivity contribution is 0.133. The zero-order valence-corrected chi connectivity index (χ0v) is 13.7. The summed E-state index contributed by atoms with van der Waals surface area (Å²) in [4.78, 5) is 0.202. The van der Waals surface area contributed by atoms with Crippen LogP contribution in [-0.2, 0) is 21.3 Å². The van der Waals surface area contributed by atoms with Crippen LogP contribution >= 0.6 is 0 Å². The maximum atomic E-state index is 12.0. The molecule has 0 aliphatic heterocycles. The Labute approximate surface area is 127 Å². The fourth-order valence-corrected chi connectivity index (χ4v) is 2.71. The van der Waals surface area contributed by atoms with Crippen molar-refractivity contribution in [3.8, 4) is 0 Å². The van der Waals surface area contributed by atoms with Crippen molar-refractivity contribution >= 4 is 10.0 Å². The second kappa shape index (κ2) is 9.88. The lowest BCUT2D eigenvalue weighted by atomic mass is 10.4. The summed E-state index contributed by atoms with van der Waals surface area (Å²) >= 11 is 0. The van der Waals surface area contributed by atoms with E-state index in [1.54, 1.807) is 10.9 Å². The van der Waals surface area contributed by atoms with Crippen molar-refractivity contribution in [3.05, 3.63) is 12.4 Å². The molecule has 0 aliphatic carbocycles. The fourth-order valence-electron chi connectivity index (χ4n) is 1.69. The van der Waals surface area contributed by atoms with Gasteiger partial charge in [0.2, 0.25) is 10.0 Å². The monoisotopic (exact) mass is 318 g/mol. The minimum absolute atomic E-state index is 0.202. The second-order valence-electron chi connectivity index (χ2n) is 4.66. The molecule has 1 aromatic rings. The minimum atomic E-state index is -3.47. The van der Waals surface area contributed by atoms with Gasteiger partial charge in [-0.1, -0.05) is 13.8 Å². The van der Waals surface area contributed by atoms with Crippen LogP contribution in [-0.4, -0.2) is 51.0 Å². The average molecular weight is 318 g/mol. The number of hydrogen-bond donors (Lipinski definition) is 2. The van der Waals surface area contributed by atoms with Gasteiger partial charge < -0.3 is 10.1 Å². The highest BCUT2D eigenvalue weighted by Gasteiger charge is 2.15. The maximum Gasteiger partial charge on any atom is 0.243 e. The SMILES string of the molecule is CCCOCCCNS(=O)(=O)c1cnn(CCNCC)c1. The van der Waals surface area contributed by atoms with Crippen LogP contribution in [0.5, 0.6) is 0 Å². The summed E-state index contributed by atoms with van der Waals surface area (Å²) in [7, 11) is -3.47. The minimum Gasteiger partial charge on any atom is -0.381 e. The Morgan fingerprint density at radius 2 is 2.10 bits per heavy atom. The molecule has 1 aromatic heterocycles. The summed E-state index contributed by atoms with van der Waals surface area (Å²) in [6.45, 7) is 8.00. The molecule has 0 unspecified atom stereocenters. The van der Waals surface area contributed by atoms with Crippen molar-refractivity contribution in [2.75, 3.05) is 32.8 Å². The molecule has 2 N–H and O–H groups in total. The fraction of sp³-hybridized carbons (Fsp3) is 0.769. The van der Waals surface area contributed by atoms with Gasteiger partial charge in [0.15, 0.2) is 0 Å². The Morgan fingerprint density at radius 1 is 1.29 bits per heavy atom. The van der Waals surface area contributed by atoms with Gasteiger partial charge in [0.05, 0.1) is 12.7 Å². The van der Waals surface area contributed by atoms with Crippen molar-refractivity contribution in [1.82, 2.24) is 19.8 Å². The Morgan fingerprint density at radius 3 is 2.81 bits per heavy atom. The van der Waals surface area contributed by atoms with Crippen LogP contribution < -0.4 is 10.0 Å². The molecule has 0 aromatic carbocycles. The molecule has 1 heterocycles. The van der Waals surface area contributed by atoms with Gasteiger partial charge in [-0.15, -0.1) is 0 Å². The molecule has 122 valence electrons. The number of nitrogens with zero attached hydrogens (tertiary/aromatic N) is 2. The van der Waals surface area contributed by atoms with Gasteiger partial charge in [0.1, 0.15) is 4.90 Å². The Kier molecular flexibility index (Phi) is 8.51. The van der Waals surface area contributed by atoms with Gasteiger partial charge in [-0.05, 0) is 19.4 Å². The predicted molar refractivity (Wildman–Crippen MR) is 81.7 cm³/mol. The molecule has 0 fully saturated rings. The summed E-state index contributed by atoms with van der Waals surface area (Å²) < 4.78 is 33.6. The van der Waals surface area contributed by atoms with E-state index in [0.717, 1.165) is 19.5 Å². The first-order valence-corrected chi connectivity index (χ1v) is 8.89. The van der Waals surface area contributed by atoms with Gasteiger partial charge in [0, 0.05) is 32.5 Å². The molecule has 7 nitrogen and oxygen atoms in total. The summed E-state index contributed by atoms with van der Waals surface area (Å²) in [6.07, 6.45) is 4.56. The molecule has 0 saturated heterocycles. The molecule has 0 amide bonds. The molecule has 0 spiro atoms. The summed E-state index contributed by atoms with van der Waals surface area (Å²) in [6, 6.07) is 0. The zero-order valence-electron chi connectivity index (χ0n) is 12.8. The third-order valence-electron chi connectivity index (χ3n) is 2.79. The highest BCUT2D eigenvalue weighted by atomic mass is 32.2. The lowest BCUT2D eigenvalue weighted by Crippen LogP contribution is -2.25. The second-order valence-corrected chi connectivity index (χ2v) is 6.42. The third kappa shape index (κ3) is 7.03. The number of aromatic nitrogens is 2. The normalized spacial score (nSPS) is 11.9. The highest BCUT2D eigenvalue weighted by molar-refractivity contribution is 7.89. The number of sulfonamides is 1. The highest BCUT2D eigenvalue weighted by Crippen LogP contribution is 2.06. The number of rotatable bonds is 12. The van der Waals surface area contributed by atoms with Gasteiger partial charge in [-0.2, -0.15) is 5.10 Å². The van der Waals surface area contributed by atoms with Crippen LogP contribution in [0.3, 0.4) is 0 Å².